The molecule has 0 saturated carbocycles. The van der Waals surface area contributed by atoms with Gasteiger partial charge < -0.3 is 10.1 Å². The summed E-state index contributed by atoms with van der Waals surface area (Å²) in [6, 6.07) is 6.82. The first-order valence-corrected chi connectivity index (χ1v) is 8.85. The lowest BCUT2D eigenvalue weighted by molar-refractivity contribution is -0.122. The molecule has 0 atom stereocenters. The SMILES string of the molecule is CCCCCNC(=O)Cn1nnc(-c2cccc(C(=O)OC(C)C)c2)n1. The van der Waals surface area contributed by atoms with E-state index in [4.69, 9.17) is 4.74 Å². The third-order valence-corrected chi connectivity index (χ3v) is 3.54. The van der Waals surface area contributed by atoms with Gasteiger partial charge in [0.25, 0.3) is 0 Å². The molecule has 0 saturated heterocycles. The van der Waals surface area contributed by atoms with Crippen molar-refractivity contribution in [3.8, 4) is 11.4 Å². The van der Waals surface area contributed by atoms with E-state index in [-0.39, 0.29) is 18.6 Å². The van der Waals surface area contributed by atoms with Crippen molar-refractivity contribution in [2.24, 2.45) is 0 Å². The summed E-state index contributed by atoms with van der Waals surface area (Å²) >= 11 is 0. The molecular formula is C18H25N5O3. The van der Waals surface area contributed by atoms with Gasteiger partial charge >= 0.3 is 5.97 Å². The van der Waals surface area contributed by atoms with Gasteiger partial charge in [0.2, 0.25) is 11.7 Å². The first-order chi connectivity index (χ1) is 12.5. The Morgan fingerprint density at radius 3 is 2.81 bits per heavy atom. The number of ether oxygens (including phenoxy) is 1. The molecule has 140 valence electrons. The second kappa shape index (κ2) is 9.65. The molecule has 1 N–H and O–H groups in total. The lowest BCUT2D eigenvalue weighted by atomic mass is 10.1. The van der Waals surface area contributed by atoms with Crippen LogP contribution in [0.2, 0.25) is 0 Å². The lowest BCUT2D eigenvalue weighted by Gasteiger charge is -2.08. The molecule has 0 radical (unpaired) electrons. The van der Waals surface area contributed by atoms with Crippen molar-refractivity contribution in [3.63, 3.8) is 0 Å². The highest BCUT2D eigenvalue weighted by molar-refractivity contribution is 5.90. The number of unbranched alkanes of at least 4 members (excludes halogenated alkanes) is 2. The summed E-state index contributed by atoms with van der Waals surface area (Å²) in [4.78, 5) is 25.1. The zero-order valence-electron chi connectivity index (χ0n) is 15.4. The quantitative estimate of drug-likeness (QED) is 0.544. The minimum atomic E-state index is -0.402. The Balaban J connectivity index is 1.98. The van der Waals surface area contributed by atoms with E-state index in [0.717, 1.165) is 19.3 Å². The number of amides is 1. The highest BCUT2D eigenvalue weighted by Gasteiger charge is 2.13. The van der Waals surface area contributed by atoms with Crippen molar-refractivity contribution < 1.29 is 14.3 Å². The summed E-state index contributed by atoms with van der Waals surface area (Å²) in [5.41, 5.74) is 1.05. The maximum atomic E-state index is 12.0. The molecule has 0 unspecified atom stereocenters. The number of nitrogens with one attached hydrogen (secondary N) is 1. The third-order valence-electron chi connectivity index (χ3n) is 3.54. The minimum absolute atomic E-state index is 0.00814. The van der Waals surface area contributed by atoms with Crippen molar-refractivity contribution in [1.29, 1.82) is 0 Å². The van der Waals surface area contributed by atoms with Crippen molar-refractivity contribution in [1.82, 2.24) is 25.5 Å². The maximum absolute atomic E-state index is 12.0. The molecule has 0 fully saturated rings. The Labute approximate surface area is 152 Å². The highest BCUT2D eigenvalue weighted by atomic mass is 16.5. The summed E-state index contributed by atoms with van der Waals surface area (Å²) < 4.78 is 5.19. The number of nitrogens with zero attached hydrogens (tertiary/aromatic N) is 4. The molecule has 2 aromatic rings. The van der Waals surface area contributed by atoms with Gasteiger partial charge in [0, 0.05) is 12.1 Å². The number of carbonyl (C=O) groups is 2. The van der Waals surface area contributed by atoms with E-state index < -0.39 is 5.97 Å². The molecule has 2 rings (SSSR count). The van der Waals surface area contributed by atoms with E-state index in [1.807, 2.05) is 0 Å². The highest BCUT2D eigenvalue weighted by Crippen LogP contribution is 2.16. The Hall–Kier alpha value is -2.77. The lowest BCUT2D eigenvalue weighted by Crippen LogP contribution is -2.29. The molecule has 26 heavy (non-hydrogen) atoms. The molecule has 8 heteroatoms. The fourth-order valence-electron chi connectivity index (χ4n) is 2.28. The van der Waals surface area contributed by atoms with E-state index >= 15 is 0 Å². The van der Waals surface area contributed by atoms with Gasteiger partial charge in [-0.3, -0.25) is 4.79 Å². The number of tetrazole rings is 1. The normalized spacial score (nSPS) is 10.8. The second-order valence-corrected chi connectivity index (χ2v) is 6.24. The number of carbonyl (C=O) groups excluding carboxylic acids is 2. The van der Waals surface area contributed by atoms with Crippen LogP contribution in [0.3, 0.4) is 0 Å². The summed E-state index contributed by atoms with van der Waals surface area (Å²) in [7, 11) is 0. The fraction of sp³-hybridized carbons (Fsp3) is 0.500. The van der Waals surface area contributed by atoms with Crippen LogP contribution in [-0.2, 0) is 16.1 Å². The fourth-order valence-corrected chi connectivity index (χ4v) is 2.28. The first-order valence-electron chi connectivity index (χ1n) is 8.85. The summed E-state index contributed by atoms with van der Waals surface area (Å²) in [6.45, 7) is 6.35. The van der Waals surface area contributed by atoms with Gasteiger partial charge in [-0.2, -0.15) is 4.80 Å². The Morgan fingerprint density at radius 1 is 1.27 bits per heavy atom. The molecule has 0 spiro atoms. The van der Waals surface area contributed by atoms with Gasteiger partial charge in [-0.15, -0.1) is 10.2 Å². The standard InChI is InChI=1S/C18H25N5O3/c1-4-5-6-10-19-16(24)12-23-21-17(20-22-23)14-8-7-9-15(11-14)18(25)26-13(2)3/h7-9,11,13H,4-6,10,12H2,1-3H3,(H,19,24). The van der Waals surface area contributed by atoms with E-state index in [0.29, 0.717) is 23.5 Å². The van der Waals surface area contributed by atoms with Gasteiger partial charge in [-0.25, -0.2) is 4.79 Å². The summed E-state index contributed by atoms with van der Waals surface area (Å²) in [5.74, 6) is -0.206. The van der Waals surface area contributed by atoms with E-state index in [1.165, 1.54) is 4.80 Å². The Kier molecular flexibility index (Phi) is 7.25. The largest absolute Gasteiger partial charge is 0.459 e. The topological polar surface area (TPSA) is 99.0 Å². The number of esters is 1. The Morgan fingerprint density at radius 2 is 2.08 bits per heavy atom. The van der Waals surface area contributed by atoms with Crippen molar-refractivity contribution in [3.05, 3.63) is 29.8 Å². The number of benzene rings is 1. The second-order valence-electron chi connectivity index (χ2n) is 6.24. The first kappa shape index (κ1) is 19.6. The average Bonchev–Trinajstić information content (AvgIpc) is 3.07. The number of hydrogen-bond acceptors (Lipinski definition) is 6. The zero-order chi connectivity index (χ0) is 18.9. The van der Waals surface area contributed by atoms with Crippen LogP contribution in [-0.4, -0.2) is 44.7 Å². The zero-order valence-corrected chi connectivity index (χ0v) is 15.4. The average molecular weight is 359 g/mol. The molecule has 1 heterocycles. The van der Waals surface area contributed by atoms with Gasteiger partial charge in [-0.05, 0) is 37.6 Å². The van der Waals surface area contributed by atoms with Crippen LogP contribution in [0.1, 0.15) is 50.4 Å². The van der Waals surface area contributed by atoms with Crippen LogP contribution < -0.4 is 5.32 Å². The molecule has 1 aromatic carbocycles. The number of hydrogen-bond donors (Lipinski definition) is 1. The van der Waals surface area contributed by atoms with Crippen LogP contribution >= 0.6 is 0 Å². The van der Waals surface area contributed by atoms with Crippen molar-refractivity contribution >= 4 is 11.9 Å². The molecule has 0 aliphatic rings. The van der Waals surface area contributed by atoms with Crippen LogP contribution in [0, 0.1) is 0 Å². The van der Waals surface area contributed by atoms with E-state index in [2.05, 4.69) is 27.7 Å². The van der Waals surface area contributed by atoms with Crippen LogP contribution in [0.15, 0.2) is 24.3 Å². The predicted molar refractivity (Wildman–Crippen MR) is 96.3 cm³/mol. The van der Waals surface area contributed by atoms with Crippen molar-refractivity contribution in [2.45, 2.75) is 52.7 Å². The van der Waals surface area contributed by atoms with E-state index in [1.54, 1.807) is 38.1 Å². The predicted octanol–water partition coefficient (Wildman–Crippen LogP) is 2.21. The van der Waals surface area contributed by atoms with Crippen LogP contribution in [0.4, 0.5) is 0 Å². The van der Waals surface area contributed by atoms with Gasteiger partial charge in [-0.1, -0.05) is 31.9 Å². The smallest absolute Gasteiger partial charge is 0.338 e. The summed E-state index contributed by atoms with van der Waals surface area (Å²) in [5, 5.41) is 14.9. The molecule has 8 nitrogen and oxygen atoms in total. The molecule has 0 aliphatic heterocycles. The summed E-state index contributed by atoms with van der Waals surface area (Å²) in [6.07, 6.45) is 2.95. The third kappa shape index (κ3) is 5.94. The number of rotatable bonds is 9. The molecule has 0 bridgehead atoms. The molecule has 1 aromatic heterocycles. The minimum Gasteiger partial charge on any atom is -0.459 e. The van der Waals surface area contributed by atoms with Gasteiger partial charge in [0.15, 0.2) is 0 Å². The molecular weight excluding hydrogens is 334 g/mol. The van der Waals surface area contributed by atoms with Crippen molar-refractivity contribution in [2.75, 3.05) is 6.54 Å². The molecule has 0 aliphatic carbocycles. The maximum Gasteiger partial charge on any atom is 0.338 e. The van der Waals surface area contributed by atoms with Gasteiger partial charge in [0.1, 0.15) is 6.54 Å². The van der Waals surface area contributed by atoms with E-state index in [9.17, 15) is 9.59 Å². The van der Waals surface area contributed by atoms with Gasteiger partial charge in [0.05, 0.1) is 11.7 Å². The molecule has 1 amide bonds. The van der Waals surface area contributed by atoms with Crippen LogP contribution in [0.25, 0.3) is 11.4 Å². The number of aromatic nitrogens is 4. The Bertz CT molecular complexity index is 742. The van der Waals surface area contributed by atoms with Crippen LogP contribution in [0.5, 0.6) is 0 Å². The monoisotopic (exact) mass is 359 g/mol.